The molecule has 182 valence electrons. The number of hydrogen-bond acceptors (Lipinski definition) is 4. The summed E-state index contributed by atoms with van der Waals surface area (Å²) in [5.74, 6) is -1.20. The minimum atomic E-state index is -0.623. The van der Waals surface area contributed by atoms with Gasteiger partial charge in [-0.25, -0.2) is 4.39 Å². The minimum Gasteiger partial charge on any atom is -0.371 e. The van der Waals surface area contributed by atoms with Gasteiger partial charge in [-0.2, -0.15) is 0 Å². The van der Waals surface area contributed by atoms with Crippen LogP contribution in [-0.4, -0.2) is 43.4 Å². The van der Waals surface area contributed by atoms with Crippen molar-refractivity contribution in [3.8, 4) is 0 Å². The lowest BCUT2D eigenvalue weighted by Gasteiger charge is -2.20. The summed E-state index contributed by atoms with van der Waals surface area (Å²) < 4.78 is 13.0. The Hall–Kier alpha value is -3.42. The van der Waals surface area contributed by atoms with Gasteiger partial charge in [0.2, 0.25) is 11.8 Å². The maximum Gasteiger partial charge on any atom is 0.251 e. The highest BCUT2D eigenvalue weighted by Gasteiger charge is 2.20. The second kappa shape index (κ2) is 12.7. The van der Waals surface area contributed by atoms with Crippen molar-refractivity contribution >= 4 is 29.1 Å². The number of nitrogens with zero attached hydrogens (tertiary/aromatic N) is 1. The fraction of sp³-hybridized carbons (Fsp3) is 0.423. The summed E-state index contributed by atoms with van der Waals surface area (Å²) in [5.41, 5.74) is 2.17. The first-order valence-corrected chi connectivity index (χ1v) is 11.9. The summed E-state index contributed by atoms with van der Waals surface area (Å²) in [6.07, 6.45) is 4.25. The molecule has 0 aromatic heterocycles. The molecule has 0 bridgehead atoms. The summed E-state index contributed by atoms with van der Waals surface area (Å²) >= 11 is 0. The van der Waals surface area contributed by atoms with E-state index in [9.17, 15) is 18.8 Å². The normalized spacial score (nSPS) is 13.9. The molecule has 1 aliphatic heterocycles. The molecule has 7 nitrogen and oxygen atoms in total. The van der Waals surface area contributed by atoms with Gasteiger partial charge in [-0.05, 0) is 68.1 Å². The van der Waals surface area contributed by atoms with Crippen LogP contribution in [0.25, 0.3) is 0 Å². The minimum absolute atomic E-state index is 0.182. The van der Waals surface area contributed by atoms with E-state index in [0.29, 0.717) is 30.6 Å². The van der Waals surface area contributed by atoms with Gasteiger partial charge in [-0.3, -0.25) is 14.4 Å². The van der Waals surface area contributed by atoms with E-state index in [1.807, 2.05) is 31.2 Å². The molecule has 3 N–H and O–H groups in total. The van der Waals surface area contributed by atoms with Crippen LogP contribution in [0.1, 0.15) is 55.8 Å². The number of hydrogen-bond donors (Lipinski definition) is 3. The van der Waals surface area contributed by atoms with E-state index in [0.717, 1.165) is 25.2 Å². The van der Waals surface area contributed by atoms with Gasteiger partial charge in [0.1, 0.15) is 11.9 Å². The Balaban J connectivity index is 1.44. The van der Waals surface area contributed by atoms with Crippen molar-refractivity contribution in [2.24, 2.45) is 0 Å². The number of carbonyl (C=O) groups is 3. The fourth-order valence-electron chi connectivity index (χ4n) is 3.96. The van der Waals surface area contributed by atoms with Crippen LogP contribution in [0.2, 0.25) is 0 Å². The summed E-state index contributed by atoms with van der Waals surface area (Å²) in [6, 6.07) is 12.4. The summed E-state index contributed by atoms with van der Waals surface area (Å²) in [5, 5.41) is 8.47. The van der Waals surface area contributed by atoms with E-state index < -0.39 is 11.9 Å². The number of rotatable bonds is 11. The van der Waals surface area contributed by atoms with Gasteiger partial charge in [0.25, 0.3) is 5.91 Å². The second-order valence-electron chi connectivity index (χ2n) is 8.51. The van der Waals surface area contributed by atoms with Crippen molar-refractivity contribution in [3.63, 3.8) is 0 Å². The third kappa shape index (κ3) is 7.57. The van der Waals surface area contributed by atoms with Gasteiger partial charge in [-0.15, -0.1) is 0 Å². The third-order valence-corrected chi connectivity index (χ3v) is 5.79. The van der Waals surface area contributed by atoms with Crippen molar-refractivity contribution in [2.45, 2.75) is 51.5 Å². The van der Waals surface area contributed by atoms with E-state index in [-0.39, 0.29) is 24.1 Å². The lowest BCUT2D eigenvalue weighted by Crippen LogP contribution is -2.43. The van der Waals surface area contributed by atoms with E-state index in [4.69, 9.17) is 0 Å². The quantitative estimate of drug-likeness (QED) is 0.437. The zero-order valence-electron chi connectivity index (χ0n) is 19.6. The van der Waals surface area contributed by atoms with E-state index >= 15 is 0 Å². The third-order valence-electron chi connectivity index (χ3n) is 5.79. The maximum absolute atomic E-state index is 13.0. The molecule has 34 heavy (non-hydrogen) atoms. The van der Waals surface area contributed by atoms with Gasteiger partial charge in [0.05, 0.1) is 0 Å². The molecule has 1 atom stereocenters. The predicted octanol–water partition coefficient (Wildman–Crippen LogP) is 3.86. The van der Waals surface area contributed by atoms with Crippen LogP contribution < -0.4 is 20.9 Å². The van der Waals surface area contributed by atoms with Crippen molar-refractivity contribution in [3.05, 3.63) is 59.9 Å². The molecule has 1 unspecified atom stereocenters. The van der Waals surface area contributed by atoms with Gasteiger partial charge < -0.3 is 20.9 Å². The van der Waals surface area contributed by atoms with Crippen molar-refractivity contribution in [2.75, 3.05) is 29.9 Å². The summed E-state index contributed by atoms with van der Waals surface area (Å²) in [6.45, 7) is 4.31. The SMILES string of the molecule is CCCC(NC(=O)CCCNC(=O)c1ccc(F)cc1)C(=O)Nc1cccc(N2CCCC2)c1. The number of nitrogens with one attached hydrogen (secondary N) is 3. The molecule has 0 aliphatic carbocycles. The van der Waals surface area contributed by atoms with E-state index in [1.54, 1.807) is 0 Å². The molecule has 0 saturated carbocycles. The van der Waals surface area contributed by atoms with Crippen molar-refractivity contribution in [1.82, 2.24) is 10.6 Å². The molecular weight excluding hydrogens is 435 g/mol. The Bertz CT molecular complexity index is 974. The van der Waals surface area contributed by atoms with Crippen LogP contribution in [-0.2, 0) is 9.59 Å². The number of carbonyl (C=O) groups excluding carboxylic acids is 3. The Kier molecular flexibility index (Phi) is 9.43. The van der Waals surface area contributed by atoms with Gasteiger partial charge >= 0.3 is 0 Å². The highest BCUT2D eigenvalue weighted by molar-refractivity contribution is 5.97. The first-order valence-electron chi connectivity index (χ1n) is 11.9. The average Bonchev–Trinajstić information content (AvgIpc) is 3.37. The molecule has 1 heterocycles. The highest BCUT2D eigenvalue weighted by atomic mass is 19.1. The smallest absolute Gasteiger partial charge is 0.251 e. The van der Waals surface area contributed by atoms with Crippen LogP contribution in [0.4, 0.5) is 15.8 Å². The number of anilines is 2. The highest BCUT2D eigenvalue weighted by Crippen LogP contribution is 2.23. The second-order valence-corrected chi connectivity index (χ2v) is 8.51. The molecule has 0 spiro atoms. The number of halogens is 1. The van der Waals surface area contributed by atoms with Crippen molar-refractivity contribution < 1.29 is 18.8 Å². The van der Waals surface area contributed by atoms with Gasteiger partial charge in [0.15, 0.2) is 0 Å². The molecule has 2 aromatic carbocycles. The summed E-state index contributed by atoms with van der Waals surface area (Å²) in [7, 11) is 0. The zero-order valence-corrected chi connectivity index (χ0v) is 19.6. The van der Waals surface area contributed by atoms with Crippen LogP contribution in [0.5, 0.6) is 0 Å². The maximum atomic E-state index is 13.0. The first-order chi connectivity index (χ1) is 16.5. The molecule has 3 rings (SSSR count). The largest absolute Gasteiger partial charge is 0.371 e. The zero-order chi connectivity index (χ0) is 24.3. The number of amides is 3. The Morgan fingerprint density at radius 3 is 2.50 bits per heavy atom. The van der Waals surface area contributed by atoms with E-state index in [1.165, 1.54) is 37.1 Å². The monoisotopic (exact) mass is 468 g/mol. The summed E-state index contributed by atoms with van der Waals surface area (Å²) in [4.78, 5) is 39.6. The topological polar surface area (TPSA) is 90.5 Å². The average molecular weight is 469 g/mol. The Labute approximate surface area is 200 Å². The van der Waals surface area contributed by atoms with Gasteiger partial charge in [-0.1, -0.05) is 19.4 Å². The Morgan fingerprint density at radius 1 is 1.06 bits per heavy atom. The Morgan fingerprint density at radius 2 is 1.79 bits per heavy atom. The number of benzene rings is 2. The van der Waals surface area contributed by atoms with Crippen molar-refractivity contribution in [1.29, 1.82) is 0 Å². The molecular formula is C26H33FN4O3. The van der Waals surface area contributed by atoms with Gasteiger partial charge in [0, 0.05) is 43.0 Å². The molecule has 0 radical (unpaired) electrons. The molecule has 1 aliphatic rings. The lowest BCUT2D eigenvalue weighted by atomic mass is 10.1. The molecule has 2 aromatic rings. The molecule has 1 saturated heterocycles. The molecule has 1 fully saturated rings. The lowest BCUT2D eigenvalue weighted by molar-refractivity contribution is -0.126. The first kappa shape index (κ1) is 25.2. The van der Waals surface area contributed by atoms with Crippen LogP contribution >= 0.6 is 0 Å². The standard InChI is InChI=1S/C26H33FN4O3/c1-2-7-23(26(34)29-21-8-5-9-22(18-21)31-16-3-4-17-31)30-24(32)10-6-15-28-25(33)19-11-13-20(27)14-12-19/h5,8-9,11-14,18,23H,2-4,6-7,10,15-17H2,1H3,(H,28,33)(H,29,34)(H,30,32). The predicted molar refractivity (Wildman–Crippen MR) is 131 cm³/mol. The van der Waals surface area contributed by atoms with Crippen LogP contribution in [0.3, 0.4) is 0 Å². The van der Waals surface area contributed by atoms with Crippen LogP contribution in [0.15, 0.2) is 48.5 Å². The van der Waals surface area contributed by atoms with Crippen LogP contribution in [0, 0.1) is 5.82 Å². The molecule has 3 amide bonds. The molecule has 8 heteroatoms. The fourth-order valence-corrected chi connectivity index (χ4v) is 3.96. The van der Waals surface area contributed by atoms with E-state index in [2.05, 4.69) is 20.9 Å².